The molecule has 5 nitrogen and oxygen atoms in total. The van der Waals surface area contributed by atoms with Gasteiger partial charge in [0, 0.05) is 17.7 Å². The van der Waals surface area contributed by atoms with Gasteiger partial charge in [-0.3, -0.25) is 0 Å². The van der Waals surface area contributed by atoms with E-state index in [1.165, 1.54) is 7.11 Å². The first kappa shape index (κ1) is 17.8. The van der Waals surface area contributed by atoms with Crippen LogP contribution in [0, 0.1) is 5.92 Å². The molecule has 2 N–H and O–H groups in total. The number of hydrogen-bond acceptors (Lipinski definition) is 5. The third-order valence-electron chi connectivity index (χ3n) is 3.51. The molecule has 1 aromatic carbocycles. The minimum atomic E-state index is -3.19. The molecule has 0 aliphatic carbocycles. The van der Waals surface area contributed by atoms with Crippen molar-refractivity contribution in [2.75, 3.05) is 25.7 Å². The SMILES string of the molecule is CCC(C)CS(=O)(=O)CC(N)c1ccc(OC)cc1OC. The summed E-state index contributed by atoms with van der Waals surface area (Å²) in [7, 11) is -0.106. The average molecular weight is 315 g/mol. The van der Waals surface area contributed by atoms with Gasteiger partial charge in [0.25, 0.3) is 0 Å². The Kier molecular flexibility index (Phi) is 6.48. The fourth-order valence-electron chi connectivity index (χ4n) is 2.11. The molecule has 0 saturated carbocycles. The van der Waals surface area contributed by atoms with Gasteiger partial charge < -0.3 is 15.2 Å². The smallest absolute Gasteiger partial charge is 0.152 e. The van der Waals surface area contributed by atoms with Crippen LogP contribution in [-0.4, -0.2) is 34.1 Å². The molecule has 0 saturated heterocycles. The molecule has 0 aliphatic heterocycles. The van der Waals surface area contributed by atoms with Crippen molar-refractivity contribution in [3.8, 4) is 11.5 Å². The van der Waals surface area contributed by atoms with Crippen LogP contribution in [0.3, 0.4) is 0 Å². The van der Waals surface area contributed by atoms with E-state index in [1.54, 1.807) is 25.3 Å². The lowest BCUT2D eigenvalue weighted by Crippen LogP contribution is -2.26. The average Bonchev–Trinajstić information content (AvgIpc) is 2.45. The van der Waals surface area contributed by atoms with Crippen LogP contribution in [0.1, 0.15) is 31.9 Å². The summed E-state index contributed by atoms with van der Waals surface area (Å²) in [6.45, 7) is 3.91. The van der Waals surface area contributed by atoms with Crippen molar-refractivity contribution in [2.24, 2.45) is 11.7 Å². The summed E-state index contributed by atoms with van der Waals surface area (Å²) in [5.41, 5.74) is 6.74. The monoisotopic (exact) mass is 315 g/mol. The lowest BCUT2D eigenvalue weighted by molar-refractivity contribution is 0.389. The Morgan fingerprint density at radius 3 is 2.38 bits per heavy atom. The number of hydrogen-bond donors (Lipinski definition) is 1. The molecule has 0 fully saturated rings. The first-order valence-electron chi connectivity index (χ1n) is 7.00. The van der Waals surface area contributed by atoms with E-state index in [-0.39, 0.29) is 17.4 Å². The Balaban J connectivity index is 2.91. The highest BCUT2D eigenvalue weighted by Crippen LogP contribution is 2.29. The standard InChI is InChI=1S/C15H25NO4S/c1-5-11(2)9-21(17,18)10-14(16)13-7-6-12(19-3)8-15(13)20-4/h6-8,11,14H,5,9-10,16H2,1-4H3. The van der Waals surface area contributed by atoms with Gasteiger partial charge in [-0.15, -0.1) is 0 Å². The molecular weight excluding hydrogens is 290 g/mol. The molecule has 0 heterocycles. The Hall–Kier alpha value is -1.27. The summed E-state index contributed by atoms with van der Waals surface area (Å²) >= 11 is 0. The molecule has 2 unspecified atom stereocenters. The Bertz CT molecular complexity index is 557. The van der Waals surface area contributed by atoms with E-state index in [0.717, 1.165) is 6.42 Å². The molecule has 1 rings (SSSR count). The van der Waals surface area contributed by atoms with Gasteiger partial charge in [0.05, 0.1) is 25.7 Å². The fraction of sp³-hybridized carbons (Fsp3) is 0.600. The molecule has 120 valence electrons. The minimum absolute atomic E-state index is 0.0833. The zero-order valence-electron chi connectivity index (χ0n) is 13.1. The molecule has 21 heavy (non-hydrogen) atoms. The molecule has 2 atom stereocenters. The van der Waals surface area contributed by atoms with Gasteiger partial charge >= 0.3 is 0 Å². The summed E-state index contributed by atoms with van der Waals surface area (Å²) < 4.78 is 34.7. The molecule has 0 spiro atoms. The third-order valence-corrected chi connectivity index (χ3v) is 5.45. The van der Waals surface area contributed by atoms with E-state index in [9.17, 15) is 8.42 Å². The predicted octanol–water partition coefficient (Wildman–Crippen LogP) is 2.16. The molecule has 0 radical (unpaired) electrons. The van der Waals surface area contributed by atoms with E-state index >= 15 is 0 Å². The van der Waals surface area contributed by atoms with Crippen molar-refractivity contribution in [3.05, 3.63) is 23.8 Å². The van der Waals surface area contributed by atoms with Crippen molar-refractivity contribution >= 4 is 9.84 Å². The molecule has 1 aromatic rings. The number of rotatable bonds is 8. The lowest BCUT2D eigenvalue weighted by Gasteiger charge is -2.18. The maximum Gasteiger partial charge on any atom is 0.152 e. The van der Waals surface area contributed by atoms with Crippen LogP contribution in [0.2, 0.25) is 0 Å². The van der Waals surface area contributed by atoms with Crippen molar-refractivity contribution in [1.82, 2.24) is 0 Å². The second-order valence-corrected chi connectivity index (χ2v) is 7.46. The number of sulfone groups is 1. The van der Waals surface area contributed by atoms with Crippen LogP contribution in [0.5, 0.6) is 11.5 Å². The maximum absolute atomic E-state index is 12.2. The molecule has 0 amide bonds. The maximum atomic E-state index is 12.2. The van der Waals surface area contributed by atoms with Gasteiger partial charge in [0.2, 0.25) is 0 Å². The van der Waals surface area contributed by atoms with Crippen LogP contribution >= 0.6 is 0 Å². The molecule has 0 bridgehead atoms. The molecule has 0 aliphatic rings. The van der Waals surface area contributed by atoms with Gasteiger partial charge in [-0.05, 0) is 12.0 Å². The van der Waals surface area contributed by atoms with Crippen LogP contribution < -0.4 is 15.2 Å². The predicted molar refractivity (Wildman–Crippen MR) is 84.6 cm³/mol. The van der Waals surface area contributed by atoms with E-state index in [0.29, 0.717) is 17.1 Å². The van der Waals surface area contributed by atoms with Gasteiger partial charge in [-0.2, -0.15) is 0 Å². The van der Waals surface area contributed by atoms with E-state index in [4.69, 9.17) is 15.2 Å². The second-order valence-electron chi connectivity index (χ2n) is 5.30. The number of methoxy groups -OCH3 is 2. The molecule has 6 heteroatoms. The summed E-state index contributed by atoms with van der Waals surface area (Å²) in [5.74, 6) is 1.40. The van der Waals surface area contributed by atoms with Crippen molar-refractivity contribution < 1.29 is 17.9 Å². The first-order chi connectivity index (χ1) is 9.82. The van der Waals surface area contributed by atoms with Crippen LogP contribution in [-0.2, 0) is 9.84 Å². The number of nitrogens with two attached hydrogens (primary N) is 1. The lowest BCUT2D eigenvalue weighted by atomic mass is 10.1. The van der Waals surface area contributed by atoms with Gasteiger partial charge in [0.15, 0.2) is 9.84 Å². The fourth-order valence-corrected chi connectivity index (χ4v) is 4.07. The first-order valence-corrected chi connectivity index (χ1v) is 8.83. The Morgan fingerprint density at radius 1 is 1.19 bits per heavy atom. The van der Waals surface area contributed by atoms with Crippen molar-refractivity contribution in [3.63, 3.8) is 0 Å². The van der Waals surface area contributed by atoms with Crippen LogP contribution in [0.15, 0.2) is 18.2 Å². The van der Waals surface area contributed by atoms with Gasteiger partial charge in [-0.25, -0.2) is 8.42 Å². The van der Waals surface area contributed by atoms with Crippen LogP contribution in [0.25, 0.3) is 0 Å². The van der Waals surface area contributed by atoms with E-state index < -0.39 is 15.9 Å². The van der Waals surface area contributed by atoms with Gasteiger partial charge in [0.1, 0.15) is 11.5 Å². The zero-order chi connectivity index (χ0) is 16.0. The van der Waals surface area contributed by atoms with Crippen LogP contribution in [0.4, 0.5) is 0 Å². The summed E-state index contributed by atoms with van der Waals surface area (Å²) in [5, 5.41) is 0. The van der Waals surface area contributed by atoms with Crippen molar-refractivity contribution in [2.45, 2.75) is 26.3 Å². The number of benzene rings is 1. The molecule has 0 aromatic heterocycles. The number of ether oxygens (including phenoxy) is 2. The highest BCUT2D eigenvalue weighted by atomic mass is 32.2. The second kappa shape index (κ2) is 7.66. The summed E-state index contributed by atoms with van der Waals surface area (Å²) in [6, 6.07) is 4.59. The summed E-state index contributed by atoms with van der Waals surface area (Å²) in [6.07, 6.45) is 0.834. The zero-order valence-corrected chi connectivity index (χ0v) is 13.9. The Morgan fingerprint density at radius 2 is 1.86 bits per heavy atom. The largest absolute Gasteiger partial charge is 0.497 e. The van der Waals surface area contributed by atoms with Gasteiger partial charge in [-0.1, -0.05) is 26.3 Å². The van der Waals surface area contributed by atoms with Crippen molar-refractivity contribution in [1.29, 1.82) is 0 Å². The normalized spacial score (nSPS) is 14.5. The molecular formula is C15H25NO4S. The van der Waals surface area contributed by atoms with E-state index in [2.05, 4.69) is 0 Å². The summed E-state index contributed by atoms with van der Waals surface area (Å²) in [4.78, 5) is 0. The highest BCUT2D eigenvalue weighted by molar-refractivity contribution is 7.91. The topological polar surface area (TPSA) is 78.6 Å². The minimum Gasteiger partial charge on any atom is -0.497 e. The third kappa shape index (κ3) is 5.21. The quantitative estimate of drug-likeness (QED) is 0.795. The Labute approximate surface area is 127 Å². The highest BCUT2D eigenvalue weighted by Gasteiger charge is 2.22. The van der Waals surface area contributed by atoms with E-state index in [1.807, 2.05) is 13.8 Å².